The fraction of sp³-hybridized carbons (Fsp3) is 0.222. The number of hydrogen-bond donors (Lipinski definition) is 2. The molecule has 0 unspecified atom stereocenters. The van der Waals surface area contributed by atoms with Crippen LogP contribution in [0.5, 0.6) is 0 Å². The van der Waals surface area contributed by atoms with Crippen LogP contribution in [-0.2, 0) is 20.5 Å². The third-order valence-electron chi connectivity index (χ3n) is 4.12. The Kier molecular flexibility index (Phi) is 4.56. The first-order valence-electron chi connectivity index (χ1n) is 7.90. The predicted molar refractivity (Wildman–Crippen MR) is 95.3 cm³/mol. The van der Waals surface area contributed by atoms with Crippen LogP contribution in [0.3, 0.4) is 0 Å². The average Bonchev–Trinajstić information content (AvgIpc) is 2.79. The second-order valence-corrected chi connectivity index (χ2v) is 5.86. The molecule has 0 bridgehead atoms. The standard InChI is InChI=1S/C18H19FN4O2/c1-22-15-7-6-14(11-16(15)23(2)18(22)25)21-17(24)20-9-8-12-4-3-5-13(19)10-12/h3-7,10-11H,8-9H2,1-2H3,(H2,20,21,24). The van der Waals surface area contributed by atoms with Gasteiger partial charge in [-0.3, -0.25) is 9.13 Å². The van der Waals surface area contributed by atoms with Crippen molar-refractivity contribution < 1.29 is 9.18 Å². The molecule has 1 heterocycles. The van der Waals surface area contributed by atoms with E-state index in [-0.39, 0.29) is 17.5 Å². The Bertz CT molecular complexity index is 990. The van der Waals surface area contributed by atoms with E-state index in [4.69, 9.17) is 0 Å². The van der Waals surface area contributed by atoms with Crippen LogP contribution in [0.2, 0.25) is 0 Å². The number of benzene rings is 2. The van der Waals surface area contributed by atoms with Gasteiger partial charge in [0.1, 0.15) is 5.82 Å². The molecule has 2 N–H and O–H groups in total. The summed E-state index contributed by atoms with van der Waals surface area (Å²) < 4.78 is 16.2. The smallest absolute Gasteiger partial charge is 0.328 e. The number of urea groups is 1. The topological polar surface area (TPSA) is 68.1 Å². The molecule has 7 heteroatoms. The molecule has 2 amide bonds. The maximum absolute atomic E-state index is 13.1. The first kappa shape index (κ1) is 16.8. The average molecular weight is 342 g/mol. The highest BCUT2D eigenvalue weighted by Gasteiger charge is 2.09. The lowest BCUT2D eigenvalue weighted by molar-refractivity contribution is 0.252. The largest absolute Gasteiger partial charge is 0.338 e. The third kappa shape index (κ3) is 3.55. The monoisotopic (exact) mass is 342 g/mol. The second-order valence-electron chi connectivity index (χ2n) is 5.86. The van der Waals surface area contributed by atoms with E-state index in [9.17, 15) is 14.0 Å². The number of rotatable bonds is 4. The van der Waals surface area contributed by atoms with E-state index >= 15 is 0 Å². The van der Waals surface area contributed by atoms with Gasteiger partial charge in [0.25, 0.3) is 0 Å². The Morgan fingerprint density at radius 3 is 2.60 bits per heavy atom. The van der Waals surface area contributed by atoms with Crippen molar-refractivity contribution in [3.63, 3.8) is 0 Å². The number of anilines is 1. The molecular weight excluding hydrogens is 323 g/mol. The Labute approximate surface area is 143 Å². The van der Waals surface area contributed by atoms with Crippen LogP contribution >= 0.6 is 0 Å². The fourth-order valence-electron chi connectivity index (χ4n) is 2.77. The number of amides is 2. The van der Waals surface area contributed by atoms with Gasteiger partial charge in [-0.15, -0.1) is 0 Å². The zero-order chi connectivity index (χ0) is 18.0. The maximum atomic E-state index is 13.1. The number of imidazole rings is 1. The van der Waals surface area contributed by atoms with E-state index in [0.29, 0.717) is 18.7 Å². The molecule has 3 rings (SSSR count). The molecule has 0 spiro atoms. The highest BCUT2D eigenvalue weighted by atomic mass is 19.1. The van der Waals surface area contributed by atoms with E-state index in [0.717, 1.165) is 16.6 Å². The summed E-state index contributed by atoms with van der Waals surface area (Å²) in [5.74, 6) is -0.288. The fourth-order valence-corrected chi connectivity index (χ4v) is 2.77. The normalized spacial score (nSPS) is 10.8. The van der Waals surface area contributed by atoms with Gasteiger partial charge in [0.2, 0.25) is 0 Å². The number of fused-ring (bicyclic) bond motifs is 1. The molecule has 0 aliphatic heterocycles. The minimum atomic E-state index is -0.350. The first-order valence-corrected chi connectivity index (χ1v) is 7.90. The Hall–Kier alpha value is -3.09. The molecule has 0 radical (unpaired) electrons. The van der Waals surface area contributed by atoms with E-state index in [2.05, 4.69) is 10.6 Å². The van der Waals surface area contributed by atoms with Crippen molar-refractivity contribution in [2.24, 2.45) is 14.1 Å². The quantitative estimate of drug-likeness (QED) is 0.764. The number of aromatic nitrogens is 2. The third-order valence-corrected chi connectivity index (χ3v) is 4.12. The SMILES string of the molecule is Cn1c(=O)n(C)c2cc(NC(=O)NCCc3cccc(F)c3)ccc21. The second kappa shape index (κ2) is 6.80. The molecule has 0 fully saturated rings. The molecule has 6 nitrogen and oxygen atoms in total. The minimum absolute atomic E-state index is 0.119. The van der Waals surface area contributed by atoms with Gasteiger partial charge in [-0.25, -0.2) is 14.0 Å². The number of carbonyl (C=O) groups is 1. The van der Waals surface area contributed by atoms with Gasteiger partial charge in [0.05, 0.1) is 11.0 Å². The summed E-state index contributed by atoms with van der Waals surface area (Å²) in [6, 6.07) is 11.2. The van der Waals surface area contributed by atoms with E-state index in [1.54, 1.807) is 42.9 Å². The number of carbonyl (C=O) groups excluding carboxylic acids is 1. The van der Waals surface area contributed by atoms with Crippen molar-refractivity contribution in [3.05, 3.63) is 64.3 Å². The lowest BCUT2D eigenvalue weighted by Crippen LogP contribution is -2.30. The van der Waals surface area contributed by atoms with Gasteiger partial charge < -0.3 is 10.6 Å². The molecule has 1 aromatic heterocycles. The Morgan fingerprint density at radius 1 is 1.08 bits per heavy atom. The number of aryl methyl sites for hydroxylation is 2. The molecular formula is C18H19FN4O2. The van der Waals surface area contributed by atoms with Crippen LogP contribution in [0.25, 0.3) is 11.0 Å². The van der Waals surface area contributed by atoms with Crippen LogP contribution in [0.15, 0.2) is 47.3 Å². The van der Waals surface area contributed by atoms with Gasteiger partial charge in [-0.05, 0) is 42.3 Å². The predicted octanol–water partition coefficient (Wildman–Crippen LogP) is 2.38. The van der Waals surface area contributed by atoms with Crippen molar-refractivity contribution in [3.8, 4) is 0 Å². The lowest BCUT2D eigenvalue weighted by atomic mass is 10.1. The summed E-state index contributed by atoms with van der Waals surface area (Å²) in [5.41, 5.74) is 2.83. The van der Waals surface area contributed by atoms with Crippen LogP contribution in [-0.4, -0.2) is 21.7 Å². The zero-order valence-corrected chi connectivity index (χ0v) is 14.0. The molecule has 2 aromatic carbocycles. The van der Waals surface area contributed by atoms with E-state index in [1.807, 2.05) is 6.07 Å². The molecule has 0 saturated carbocycles. The van der Waals surface area contributed by atoms with Crippen molar-refractivity contribution in [2.45, 2.75) is 6.42 Å². The van der Waals surface area contributed by atoms with Crippen molar-refractivity contribution in [1.82, 2.24) is 14.5 Å². The highest BCUT2D eigenvalue weighted by molar-refractivity contribution is 5.92. The number of nitrogens with zero attached hydrogens (tertiary/aromatic N) is 2. The number of nitrogens with one attached hydrogen (secondary N) is 2. The molecule has 3 aromatic rings. The van der Waals surface area contributed by atoms with Gasteiger partial charge in [0, 0.05) is 26.3 Å². The number of halogens is 1. The summed E-state index contributed by atoms with van der Waals surface area (Å²) in [6.07, 6.45) is 0.539. The molecule has 25 heavy (non-hydrogen) atoms. The molecule has 0 aliphatic rings. The van der Waals surface area contributed by atoms with E-state index < -0.39 is 0 Å². The van der Waals surface area contributed by atoms with Crippen molar-refractivity contribution in [2.75, 3.05) is 11.9 Å². The van der Waals surface area contributed by atoms with E-state index in [1.165, 1.54) is 16.7 Å². The summed E-state index contributed by atoms with van der Waals surface area (Å²) in [7, 11) is 3.39. The van der Waals surface area contributed by atoms with Crippen LogP contribution in [0, 0.1) is 5.82 Å². The summed E-state index contributed by atoms with van der Waals surface area (Å²) >= 11 is 0. The van der Waals surface area contributed by atoms with Crippen molar-refractivity contribution >= 4 is 22.8 Å². The van der Waals surface area contributed by atoms with Gasteiger partial charge in [0.15, 0.2) is 0 Å². The van der Waals surface area contributed by atoms with Gasteiger partial charge in [-0.2, -0.15) is 0 Å². The number of hydrogen-bond acceptors (Lipinski definition) is 2. The summed E-state index contributed by atoms with van der Waals surface area (Å²) in [4.78, 5) is 23.9. The van der Waals surface area contributed by atoms with Crippen LogP contribution in [0.4, 0.5) is 14.9 Å². The minimum Gasteiger partial charge on any atom is -0.338 e. The lowest BCUT2D eigenvalue weighted by Gasteiger charge is -2.08. The van der Waals surface area contributed by atoms with Crippen molar-refractivity contribution in [1.29, 1.82) is 0 Å². The van der Waals surface area contributed by atoms with Gasteiger partial charge in [-0.1, -0.05) is 12.1 Å². The van der Waals surface area contributed by atoms with Gasteiger partial charge >= 0.3 is 11.7 Å². The Morgan fingerprint density at radius 2 is 1.84 bits per heavy atom. The molecule has 0 saturated heterocycles. The summed E-state index contributed by atoms with van der Waals surface area (Å²) in [5, 5.41) is 5.47. The molecule has 0 atom stereocenters. The summed E-state index contributed by atoms with van der Waals surface area (Å²) in [6.45, 7) is 0.390. The Balaban J connectivity index is 1.62. The molecule has 0 aliphatic carbocycles. The highest BCUT2D eigenvalue weighted by Crippen LogP contribution is 2.17. The maximum Gasteiger partial charge on any atom is 0.328 e. The zero-order valence-electron chi connectivity index (χ0n) is 14.0. The first-order chi connectivity index (χ1) is 12.0. The van der Waals surface area contributed by atoms with Crippen LogP contribution < -0.4 is 16.3 Å². The van der Waals surface area contributed by atoms with Crippen LogP contribution in [0.1, 0.15) is 5.56 Å². The molecule has 130 valence electrons.